The van der Waals surface area contributed by atoms with Gasteiger partial charge in [0.1, 0.15) is 17.4 Å². The summed E-state index contributed by atoms with van der Waals surface area (Å²) in [6, 6.07) is 10.1. The Labute approximate surface area is 155 Å². The van der Waals surface area contributed by atoms with Gasteiger partial charge in [-0.25, -0.2) is 8.78 Å². The van der Waals surface area contributed by atoms with E-state index in [0.29, 0.717) is 26.2 Å². The average molecular weight is 381 g/mol. The van der Waals surface area contributed by atoms with E-state index in [2.05, 4.69) is 4.90 Å². The van der Waals surface area contributed by atoms with Crippen LogP contribution in [-0.2, 0) is 4.79 Å². The highest BCUT2D eigenvalue weighted by Crippen LogP contribution is 2.26. The molecular weight excluding hydrogens is 362 g/mol. The molecule has 0 aliphatic carbocycles. The number of nitrogens with zero attached hydrogens (tertiary/aromatic N) is 2. The Kier molecular flexibility index (Phi) is 5.61. The Morgan fingerprint density at radius 3 is 2.27 bits per heavy atom. The second-order valence-electron chi connectivity index (χ2n) is 6.12. The molecule has 0 radical (unpaired) electrons. The van der Waals surface area contributed by atoms with Crippen molar-refractivity contribution in [1.82, 2.24) is 4.90 Å². The molecule has 1 aliphatic rings. The highest BCUT2D eigenvalue weighted by atomic mass is 35.5. The number of amides is 1. The molecule has 0 saturated carbocycles. The van der Waals surface area contributed by atoms with E-state index in [4.69, 9.17) is 16.3 Å². The van der Waals surface area contributed by atoms with Gasteiger partial charge in [-0.3, -0.25) is 4.79 Å². The first kappa shape index (κ1) is 18.5. The lowest BCUT2D eigenvalue weighted by atomic mass is 10.2. The first-order valence-corrected chi connectivity index (χ1v) is 8.73. The molecule has 0 N–H and O–H groups in total. The highest BCUT2D eigenvalue weighted by molar-refractivity contribution is 6.32. The molecule has 1 amide bonds. The normalized spacial score (nSPS) is 15.7. The van der Waals surface area contributed by atoms with Crippen LogP contribution in [0.1, 0.15) is 6.92 Å². The maximum absolute atomic E-state index is 13.1. The third kappa shape index (κ3) is 4.25. The van der Waals surface area contributed by atoms with Crippen LogP contribution >= 0.6 is 11.6 Å². The predicted octanol–water partition coefficient (Wildman–Crippen LogP) is 3.73. The van der Waals surface area contributed by atoms with Crippen LogP contribution in [0, 0.1) is 11.6 Å². The van der Waals surface area contributed by atoms with Crippen LogP contribution in [0.5, 0.6) is 5.75 Å². The molecule has 0 bridgehead atoms. The lowest BCUT2D eigenvalue weighted by Gasteiger charge is -2.37. The molecule has 138 valence electrons. The fourth-order valence-corrected chi connectivity index (χ4v) is 3.12. The molecule has 1 unspecified atom stereocenters. The van der Waals surface area contributed by atoms with Crippen LogP contribution in [0.2, 0.25) is 5.02 Å². The second kappa shape index (κ2) is 7.91. The molecule has 1 saturated heterocycles. The Hall–Kier alpha value is -2.34. The number of piperazine rings is 1. The van der Waals surface area contributed by atoms with Gasteiger partial charge in [0.15, 0.2) is 6.10 Å². The van der Waals surface area contributed by atoms with Crippen molar-refractivity contribution in [1.29, 1.82) is 0 Å². The minimum Gasteiger partial charge on any atom is -0.479 e. The van der Waals surface area contributed by atoms with Gasteiger partial charge in [0, 0.05) is 31.9 Å². The molecule has 4 nitrogen and oxygen atoms in total. The minimum atomic E-state index is -0.727. The number of carbonyl (C=O) groups excluding carboxylic acids is 1. The summed E-state index contributed by atoms with van der Waals surface area (Å²) in [6.45, 7) is 4.04. The van der Waals surface area contributed by atoms with Crippen LogP contribution in [0.3, 0.4) is 0 Å². The number of halogens is 3. The Balaban J connectivity index is 1.56. The van der Waals surface area contributed by atoms with E-state index in [1.165, 1.54) is 24.3 Å². The first-order chi connectivity index (χ1) is 12.4. The fraction of sp³-hybridized carbons (Fsp3) is 0.316. The van der Waals surface area contributed by atoms with Crippen molar-refractivity contribution >= 4 is 23.2 Å². The summed E-state index contributed by atoms with van der Waals surface area (Å²) in [5, 5.41) is 0.130. The van der Waals surface area contributed by atoms with Crippen LogP contribution in [0.4, 0.5) is 14.5 Å². The van der Waals surface area contributed by atoms with Gasteiger partial charge in [-0.2, -0.15) is 0 Å². The van der Waals surface area contributed by atoms with Gasteiger partial charge >= 0.3 is 0 Å². The van der Waals surface area contributed by atoms with Crippen LogP contribution in [0.15, 0.2) is 42.5 Å². The molecule has 26 heavy (non-hydrogen) atoms. The quantitative estimate of drug-likeness (QED) is 0.810. The van der Waals surface area contributed by atoms with Crippen molar-refractivity contribution in [3.8, 4) is 5.75 Å². The smallest absolute Gasteiger partial charge is 0.263 e. The number of hydrogen-bond acceptors (Lipinski definition) is 3. The van der Waals surface area contributed by atoms with Gasteiger partial charge in [-0.1, -0.05) is 11.6 Å². The molecule has 2 aromatic carbocycles. The molecule has 2 aromatic rings. The Morgan fingerprint density at radius 1 is 1.04 bits per heavy atom. The van der Waals surface area contributed by atoms with E-state index in [1.807, 2.05) is 0 Å². The maximum atomic E-state index is 13.1. The molecular formula is C19H19ClF2N2O2. The van der Waals surface area contributed by atoms with E-state index in [9.17, 15) is 13.6 Å². The summed E-state index contributed by atoms with van der Waals surface area (Å²) in [4.78, 5) is 16.4. The summed E-state index contributed by atoms with van der Waals surface area (Å²) in [5.41, 5.74) is 0.931. The second-order valence-corrected chi connectivity index (χ2v) is 6.53. The zero-order chi connectivity index (χ0) is 18.7. The molecule has 1 atom stereocenters. The Morgan fingerprint density at radius 2 is 1.65 bits per heavy atom. The number of hydrogen-bond donors (Lipinski definition) is 0. The van der Waals surface area contributed by atoms with Gasteiger partial charge in [0.05, 0.1) is 5.02 Å². The van der Waals surface area contributed by atoms with E-state index in [1.54, 1.807) is 24.0 Å². The summed E-state index contributed by atoms with van der Waals surface area (Å²) in [5.74, 6) is -0.603. The van der Waals surface area contributed by atoms with Crippen LogP contribution in [0.25, 0.3) is 0 Å². The van der Waals surface area contributed by atoms with Crippen molar-refractivity contribution in [2.24, 2.45) is 0 Å². The molecule has 3 rings (SSSR count). The number of carbonyl (C=O) groups is 1. The van der Waals surface area contributed by atoms with Gasteiger partial charge in [-0.15, -0.1) is 0 Å². The van der Waals surface area contributed by atoms with Crippen molar-refractivity contribution in [3.63, 3.8) is 0 Å². The third-order valence-corrected chi connectivity index (χ3v) is 4.62. The van der Waals surface area contributed by atoms with Gasteiger partial charge in [-0.05, 0) is 49.4 Å². The average Bonchev–Trinajstić information content (AvgIpc) is 2.64. The van der Waals surface area contributed by atoms with Crippen molar-refractivity contribution in [3.05, 3.63) is 59.1 Å². The van der Waals surface area contributed by atoms with Gasteiger partial charge in [0.25, 0.3) is 5.91 Å². The molecule has 1 fully saturated rings. The SMILES string of the molecule is CC(Oc1ccc(F)cc1Cl)C(=O)N1CCN(c2ccc(F)cc2)CC1. The van der Waals surface area contributed by atoms with Crippen LogP contribution in [-0.4, -0.2) is 43.1 Å². The lowest BCUT2D eigenvalue weighted by molar-refractivity contribution is -0.138. The molecule has 0 spiro atoms. The summed E-state index contributed by atoms with van der Waals surface area (Å²) < 4.78 is 31.7. The monoisotopic (exact) mass is 380 g/mol. The first-order valence-electron chi connectivity index (χ1n) is 8.35. The topological polar surface area (TPSA) is 32.8 Å². The standard InChI is InChI=1S/C19H19ClF2N2O2/c1-13(26-18-7-4-15(22)12-17(18)20)19(25)24-10-8-23(9-11-24)16-5-2-14(21)3-6-16/h2-7,12-13H,8-11H2,1H3. The number of anilines is 1. The van der Waals surface area contributed by atoms with E-state index in [-0.39, 0.29) is 22.5 Å². The lowest BCUT2D eigenvalue weighted by Crippen LogP contribution is -2.52. The number of rotatable bonds is 4. The van der Waals surface area contributed by atoms with Gasteiger partial charge < -0.3 is 14.5 Å². The zero-order valence-corrected chi connectivity index (χ0v) is 15.0. The third-order valence-electron chi connectivity index (χ3n) is 4.33. The zero-order valence-electron chi connectivity index (χ0n) is 14.3. The number of benzene rings is 2. The van der Waals surface area contributed by atoms with Gasteiger partial charge in [0.2, 0.25) is 0 Å². The maximum Gasteiger partial charge on any atom is 0.263 e. The summed E-state index contributed by atoms with van der Waals surface area (Å²) >= 11 is 5.94. The van der Waals surface area contributed by atoms with E-state index in [0.717, 1.165) is 11.8 Å². The molecule has 0 aromatic heterocycles. The predicted molar refractivity (Wildman–Crippen MR) is 96.7 cm³/mol. The van der Waals surface area contributed by atoms with Crippen LogP contribution < -0.4 is 9.64 Å². The van der Waals surface area contributed by atoms with Crippen molar-refractivity contribution in [2.75, 3.05) is 31.1 Å². The molecule has 7 heteroatoms. The summed E-state index contributed by atoms with van der Waals surface area (Å²) in [6.07, 6.45) is -0.727. The largest absolute Gasteiger partial charge is 0.479 e. The highest BCUT2D eigenvalue weighted by Gasteiger charge is 2.26. The molecule has 1 aliphatic heterocycles. The van der Waals surface area contributed by atoms with Crippen molar-refractivity contribution in [2.45, 2.75) is 13.0 Å². The minimum absolute atomic E-state index is 0.130. The molecule has 1 heterocycles. The van der Waals surface area contributed by atoms with E-state index < -0.39 is 11.9 Å². The Bertz CT molecular complexity index is 778. The van der Waals surface area contributed by atoms with Crippen molar-refractivity contribution < 1.29 is 18.3 Å². The number of ether oxygens (including phenoxy) is 1. The fourth-order valence-electron chi connectivity index (χ4n) is 2.91. The van der Waals surface area contributed by atoms with E-state index >= 15 is 0 Å². The summed E-state index contributed by atoms with van der Waals surface area (Å²) in [7, 11) is 0.